The van der Waals surface area contributed by atoms with Crippen LogP contribution in [0.3, 0.4) is 0 Å². The Balaban J connectivity index is 1.73. The highest BCUT2D eigenvalue weighted by atomic mass is 32.1. The molecular weight excluding hydrogens is 226 g/mol. The molecule has 0 aliphatic carbocycles. The van der Waals surface area contributed by atoms with Crippen LogP contribution in [0.15, 0.2) is 0 Å². The quantitative estimate of drug-likeness (QED) is 0.813. The van der Waals surface area contributed by atoms with Crippen LogP contribution in [0.1, 0.15) is 24.8 Å². The number of nitrogens with one attached hydrogen (secondary N) is 1. The summed E-state index contributed by atoms with van der Waals surface area (Å²) in [5.74, 6) is 0. The van der Waals surface area contributed by atoms with Crippen molar-refractivity contribution in [1.29, 1.82) is 0 Å². The maximum Gasteiger partial charge on any atom is 0.294 e. The second kappa shape index (κ2) is 6.12. The molecule has 1 saturated heterocycles. The molecule has 1 unspecified atom stereocenters. The molecule has 6 heteroatoms. The number of aromatic nitrogens is 2. The lowest BCUT2D eigenvalue weighted by Gasteiger charge is -2.07. The second-order valence-corrected chi connectivity index (χ2v) is 4.71. The molecule has 2 rings (SSSR count). The summed E-state index contributed by atoms with van der Waals surface area (Å²) in [4.78, 5) is 0. The topological polar surface area (TPSA) is 56.3 Å². The first-order valence-electron chi connectivity index (χ1n) is 5.66. The van der Waals surface area contributed by atoms with Gasteiger partial charge in [-0.25, -0.2) is 0 Å². The van der Waals surface area contributed by atoms with Crippen LogP contribution in [0.4, 0.5) is 0 Å². The molecule has 1 aliphatic heterocycles. The van der Waals surface area contributed by atoms with Crippen LogP contribution >= 0.6 is 11.3 Å². The van der Waals surface area contributed by atoms with Gasteiger partial charge in [-0.3, -0.25) is 0 Å². The molecule has 1 N–H and O–H groups in total. The molecule has 0 saturated carbocycles. The Morgan fingerprint density at radius 1 is 1.56 bits per heavy atom. The van der Waals surface area contributed by atoms with E-state index in [1.807, 2.05) is 0 Å². The van der Waals surface area contributed by atoms with Gasteiger partial charge >= 0.3 is 0 Å². The molecule has 1 aromatic rings. The average Bonchev–Trinajstić information content (AvgIpc) is 2.95. The minimum Gasteiger partial charge on any atom is -0.466 e. The zero-order chi connectivity index (χ0) is 11.2. The monoisotopic (exact) mass is 243 g/mol. The minimum absolute atomic E-state index is 0.237. The third kappa shape index (κ3) is 3.40. The lowest BCUT2D eigenvalue weighted by atomic mass is 10.2. The molecule has 1 aromatic heterocycles. The smallest absolute Gasteiger partial charge is 0.294 e. The van der Waals surface area contributed by atoms with Crippen molar-refractivity contribution in [3.63, 3.8) is 0 Å². The molecule has 5 nitrogen and oxygen atoms in total. The first-order chi connectivity index (χ1) is 7.88. The number of hydrogen-bond donors (Lipinski definition) is 1. The van der Waals surface area contributed by atoms with E-state index in [2.05, 4.69) is 22.4 Å². The van der Waals surface area contributed by atoms with E-state index in [-0.39, 0.29) is 6.10 Å². The Hall–Kier alpha value is -0.720. The summed E-state index contributed by atoms with van der Waals surface area (Å²) in [5.41, 5.74) is 0. The van der Waals surface area contributed by atoms with Gasteiger partial charge in [0.15, 0.2) is 0 Å². The van der Waals surface area contributed by atoms with E-state index in [4.69, 9.17) is 9.47 Å². The molecular formula is C10H17N3O2S. The molecule has 1 aliphatic rings. The molecule has 2 heterocycles. The number of nitrogens with zero attached hydrogens (tertiary/aromatic N) is 2. The standard InChI is InChI=1S/C10H17N3O2S/c1-2-11-6-9-12-13-10(16-9)15-7-8-4-3-5-14-8/h8,11H,2-7H2,1H3. The van der Waals surface area contributed by atoms with Crippen molar-refractivity contribution in [3.05, 3.63) is 5.01 Å². The Labute approximate surface area is 99.2 Å². The zero-order valence-electron chi connectivity index (χ0n) is 9.44. The molecule has 0 spiro atoms. The lowest BCUT2D eigenvalue weighted by Crippen LogP contribution is -2.16. The summed E-state index contributed by atoms with van der Waals surface area (Å²) in [6.45, 7) is 5.21. The van der Waals surface area contributed by atoms with Crippen LogP contribution in [-0.4, -0.2) is 36.1 Å². The van der Waals surface area contributed by atoms with Crippen LogP contribution in [0.2, 0.25) is 0 Å². The van der Waals surface area contributed by atoms with Crippen LogP contribution in [0.5, 0.6) is 5.19 Å². The van der Waals surface area contributed by atoms with E-state index >= 15 is 0 Å². The number of rotatable bonds is 6. The summed E-state index contributed by atoms with van der Waals surface area (Å²) in [7, 11) is 0. The Kier molecular flexibility index (Phi) is 4.50. The van der Waals surface area contributed by atoms with Crippen molar-refractivity contribution >= 4 is 11.3 Å². The summed E-state index contributed by atoms with van der Waals surface area (Å²) in [6, 6.07) is 0. The van der Waals surface area contributed by atoms with Gasteiger partial charge in [0.1, 0.15) is 11.6 Å². The van der Waals surface area contributed by atoms with E-state index in [0.29, 0.717) is 11.8 Å². The molecule has 0 aromatic carbocycles. The highest BCUT2D eigenvalue weighted by molar-refractivity contribution is 7.13. The summed E-state index contributed by atoms with van der Waals surface area (Å²) in [6.07, 6.45) is 2.46. The number of hydrogen-bond acceptors (Lipinski definition) is 6. The Bertz CT molecular complexity index is 313. The molecule has 1 fully saturated rings. The molecule has 90 valence electrons. The van der Waals surface area contributed by atoms with Crippen molar-refractivity contribution in [2.24, 2.45) is 0 Å². The van der Waals surface area contributed by atoms with E-state index < -0.39 is 0 Å². The van der Waals surface area contributed by atoms with E-state index in [1.54, 1.807) is 0 Å². The van der Waals surface area contributed by atoms with Crippen molar-refractivity contribution in [2.45, 2.75) is 32.4 Å². The molecule has 16 heavy (non-hydrogen) atoms. The van der Waals surface area contributed by atoms with Crippen LogP contribution in [-0.2, 0) is 11.3 Å². The maximum atomic E-state index is 5.54. The minimum atomic E-state index is 0.237. The van der Waals surface area contributed by atoms with Gasteiger partial charge in [-0.05, 0) is 19.4 Å². The Morgan fingerprint density at radius 2 is 2.50 bits per heavy atom. The fourth-order valence-electron chi connectivity index (χ4n) is 1.54. The Morgan fingerprint density at radius 3 is 3.25 bits per heavy atom. The van der Waals surface area contributed by atoms with Gasteiger partial charge in [0.25, 0.3) is 5.19 Å². The maximum absolute atomic E-state index is 5.54. The van der Waals surface area contributed by atoms with Crippen LogP contribution in [0.25, 0.3) is 0 Å². The fraction of sp³-hybridized carbons (Fsp3) is 0.800. The lowest BCUT2D eigenvalue weighted by molar-refractivity contribution is 0.0676. The fourth-order valence-corrected chi connectivity index (χ4v) is 2.21. The van der Waals surface area contributed by atoms with Gasteiger partial charge in [0.05, 0.1) is 6.10 Å². The van der Waals surface area contributed by atoms with Gasteiger partial charge in [0, 0.05) is 13.2 Å². The average molecular weight is 243 g/mol. The van der Waals surface area contributed by atoms with Gasteiger partial charge in [-0.2, -0.15) is 0 Å². The first kappa shape index (κ1) is 11.8. The van der Waals surface area contributed by atoms with Gasteiger partial charge in [-0.1, -0.05) is 18.3 Å². The van der Waals surface area contributed by atoms with Gasteiger partial charge in [-0.15, -0.1) is 10.2 Å². The largest absolute Gasteiger partial charge is 0.466 e. The third-order valence-corrected chi connectivity index (χ3v) is 3.23. The van der Waals surface area contributed by atoms with E-state index in [1.165, 1.54) is 11.3 Å². The molecule has 0 amide bonds. The predicted octanol–water partition coefficient (Wildman–Crippen LogP) is 1.21. The first-order valence-corrected chi connectivity index (χ1v) is 6.47. The zero-order valence-corrected chi connectivity index (χ0v) is 10.3. The second-order valence-electron chi connectivity index (χ2n) is 3.69. The third-order valence-electron chi connectivity index (χ3n) is 2.39. The summed E-state index contributed by atoms with van der Waals surface area (Å²) >= 11 is 1.49. The molecule has 1 atom stereocenters. The SMILES string of the molecule is CCNCc1nnc(OCC2CCCO2)s1. The molecule has 0 bridgehead atoms. The van der Waals surface area contributed by atoms with Crippen LogP contribution in [0, 0.1) is 0 Å². The van der Waals surface area contributed by atoms with Crippen molar-refractivity contribution < 1.29 is 9.47 Å². The highest BCUT2D eigenvalue weighted by Crippen LogP contribution is 2.19. The summed E-state index contributed by atoms with van der Waals surface area (Å²) in [5, 5.41) is 12.8. The normalized spacial score (nSPS) is 20.2. The summed E-state index contributed by atoms with van der Waals surface area (Å²) < 4.78 is 11.0. The van der Waals surface area contributed by atoms with E-state index in [9.17, 15) is 0 Å². The number of ether oxygens (including phenoxy) is 2. The highest BCUT2D eigenvalue weighted by Gasteiger charge is 2.16. The van der Waals surface area contributed by atoms with Crippen molar-refractivity contribution in [2.75, 3.05) is 19.8 Å². The van der Waals surface area contributed by atoms with Crippen molar-refractivity contribution in [3.8, 4) is 5.19 Å². The van der Waals surface area contributed by atoms with E-state index in [0.717, 1.165) is 37.5 Å². The van der Waals surface area contributed by atoms with Crippen molar-refractivity contribution in [1.82, 2.24) is 15.5 Å². The van der Waals surface area contributed by atoms with Gasteiger partial charge in [0.2, 0.25) is 0 Å². The van der Waals surface area contributed by atoms with Crippen LogP contribution < -0.4 is 10.1 Å². The predicted molar refractivity (Wildman–Crippen MR) is 61.8 cm³/mol. The molecule has 0 radical (unpaired) electrons. The van der Waals surface area contributed by atoms with Gasteiger partial charge < -0.3 is 14.8 Å².